The second kappa shape index (κ2) is 6.49. The summed E-state index contributed by atoms with van der Waals surface area (Å²) >= 11 is 3.73. The topological polar surface area (TPSA) is 21.1 Å². The van der Waals surface area contributed by atoms with Crippen molar-refractivity contribution in [3.05, 3.63) is 30.0 Å². The highest BCUT2D eigenvalue weighted by Gasteiger charge is 2.23. The molecule has 1 unspecified atom stereocenters. The average molecular weight is 350 g/mol. The summed E-state index contributed by atoms with van der Waals surface area (Å²) < 4.78 is 2.12. The van der Waals surface area contributed by atoms with Crippen LogP contribution in [-0.4, -0.2) is 32.6 Å². The van der Waals surface area contributed by atoms with Crippen LogP contribution in [0.1, 0.15) is 32.4 Å². The van der Waals surface area contributed by atoms with Gasteiger partial charge in [0.2, 0.25) is 0 Å². The number of likely N-dealkylation sites (tertiary alicyclic amines) is 1. The van der Waals surface area contributed by atoms with Crippen molar-refractivity contribution in [1.29, 1.82) is 0 Å². The number of alkyl halides is 1. The van der Waals surface area contributed by atoms with Crippen LogP contribution in [0.4, 0.5) is 0 Å². The number of aromatic nitrogens is 2. The molecule has 0 N–H and O–H groups in total. The van der Waals surface area contributed by atoms with Crippen LogP contribution >= 0.6 is 15.9 Å². The Bertz CT molecular complexity index is 597. The first-order valence-electron chi connectivity index (χ1n) is 8.00. The van der Waals surface area contributed by atoms with Gasteiger partial charge in [0.25, 0.3) is 0 Å². The second-order valence-corrected chi connectivity index (χ2v) is 7.52. The summed E-state index contributed by atoms with van der Waals surface area (Å²) in [4.78, 5) is 3.19. The second-order valence-electron chi connectivity index (χ2n) is 6.07. The van der Waals surface area contributed by atoms with E-state index in [1.165, 1.54) is 42.5 Å². The summed E-state index contributed by atoms with van der Waals surface area (Å²) in [6.07, 6.45) is 2.58. The summed E-state index contributed by atoms with van der Waals surface area (Å²) in [5, 5.41) is 6.14. The van der Waals surface area contributed by atoms with E-state index in [0.717, 1.165) is 19.0 Å². The van der Waals surface area contributed by atoms with Gasteiger partial charge in [-0.05, 0) is 44.8 Å². The van der Waals surface area contributed by atoms with Crippen LogP contribution in [0.15, 0.2) is 24.3 Å². The summed E-state index contributed by atoms with van der Waals surface area (Å²) in [6.45, 7) is 8.73. The minimum atomic E-state index is 0.639. The minimum Gasteiger partial charge on any atom is -0.297 e. The van der Waals surface area contributed by atoms with Crippen LogP contribution in [0.25, 0.3) is 10.9 Å². The Morgan fingerprint density at radius 1 is 1.29 bits per heavy atom. The van der Waals surface area contributed by atoms with Crippen molar-refractivity contribution in [3.63, 3.8) is 0 Å². The molecule has 0 aliphatic carbocycles. The molecule has 2 heterocycles. The molecule has 1 fully saturated rings. The van der Waals surface area contributed by atoms with E-state index in [2.05, 4.69) is 63.6 Å². The third kappa shape index (κ3) is 3.16. The van der Waals surface area contributed by atoms with Crippen LogP contribution in [0, 0.1) is 5.92 Å². The highest BCUT2D eigenvalue weighted by Crippen LogP contribution is 2.27. The Morgan fingerprint density at radius 3 is 2.67 bits per heavy atom. The number of aryl methyl sites for hydroxylation is 1. The van der Waals surface area contributed by atoms with Crippen molar-refractivity contribution >= 4 is 26.8 Å². The fourth-order valence-corrected chi connectivity index (χ4v) is 3.86. The average Bonchev–Trinajstić information content (AvgIpc) is 2.86. The highest BCUT2D eigenvalue weighted by atomic mass is 79.9. The maximum Gasteiger partial charge on any atom is 0.0843 e. The van der Waals surface area contributed by atoms with Crippen LogP contribution in [-0.2, 0) is 13.1 Å². The molecule has 114 valence electrons. The molecule has 1 saturated heterocycles. The molecule has 0 amide bonds. The Morgan fingerprint density at radius 2 is 2.00 bits per heavy atom. The first-order valence-corrected chi connectivity index (χ1v) is 8.91. The van der Waals surface area contributed by atoms with Gasteiger partial charge in [0, 0.05) is 23.3 Å². The summed E-state index contributed by atoms with van der Waals surface area (Å²) in [5.74, 6) is 0.825. The molecule has 1 atom stereocenters. The van der Waals surface area contributed by atoms with Gasteiger partial charge in [-0.3, -0.25) is 9.58 Å². The smallest absolute Gasteiger partial charge is 0.0843 e. The van der Waals surface area contributed by atoms with E-state index >= 15 is 0 Å². The van der Waals surface area contributed by atoms with Crippen molar-refractivity contribution in [1.82, 2.24) is 14.7 Å². The monoisotopic (exact) mass is 349 g/mol. The summed E-state index contributed by atoms with van der Waals surface area (Å²) in [5.41, 5.74) is 2.50. The fraction of sp³-hybridized carbons (Fsp3) is 0.588. The zero-order valence-electron chi connectivity index (χ0n) is 12.9. The lowest BCUT2D eigenvalue weighted by atomic mass is 9.94. The standard InChI is InChI=1S/C17H24BrN3/c1-3-21-17-7-5-4-6-15(17)16(19-21)12-20-10-8-14(9-11-20)13(2)18/h4-7,13-14H,3,8-12H2,1-2H3. The van der Waals surface area contributed by atoms with Crippen LogP contribution < -0.4 is 0 Å². The van der Waals surface area contributed by atoms with Gasteiger partial charge in [-0.15, -0.1) is 0 Å². The number of rotatable bonds is 4. The molecule has 1 aliphatic rings. The number of hydrogen-bond donors (Lipinski definition) is 0. The molecular formula is C17H24BrN3. The quantitative estimate of drug-likeness (QED) is 0.776. The molecule has 21 heavy (non-hydrogen) atoms. The molecule has 4 heteroatoms. The minimum absolute atomic E-state index is 0.639. The first kappa shape index (κ1) is 15.0. The van der Waals surface area contributed by atoms with Crippen LogP contribution in [0.2, 0.25) is 0 Å². The molecule has 1 aliphatic heterocycles. The zero-order valence-corrected chi connectivity index (χ0v) is 14.5. The van der Waals surface area contributed by atoms with Gasteiger partial charge in [0.15, 0.2) is 0 Å². The number of hydrogen-bond acceptors (Lipinski definition) is 2. The normalized spacial score (nSPS) is 19.2. The maximum atomic E-state index is 4.82. The molecule has 2 aromatic rings. The van der Waals surface area contributed by atoms with Crippen LogP contribution in [0.5, 0.6) is 0 Å². The van der Waals surface area contributed by atoms with Gasteiger partial charge in [-0.25, -0.2) is 0 Å². The zero-order chi connectivity index (χ0) is 14.8. The number of halogens is 1. The Labute approximate surface area is 135 Å². The Kier molecular flexibility index (Phi) is 4.65. The number of benzene rings is 1. The molecule has 1 aromatic carbocycles. The Hall–Kier alpha value is -0.870. The predicted octanol–water partition coefficient (Wildman–Crippen LogP) is 4.05. The predicted molar refractivity (Wildman–Crippen MR) is 91.8 cm³/mol. The summed E-state index contributed by atoms with van der Waals surface area (Å²) in [7, 11) is 0. The third-order valence-corrected chi connectivity index (χ3v) is 5.44. The van der Waals surface area contributed by atoms with E-state index in [9.17, 15) is 0 Å². The van der Waals surface area contributed by atoms with Gasteiger partial charge < -0.3 is 0 Å². The lowest BCUT2D eigenvalue weighted by Gasteiger charge is -2.32. The molecule has 3 rings (SSSR count). The molecule has 0 saturated carbocycles. The van der Waals surface area contributed by atoms with E-state index < -0.39 is 0 Å². The van der Waals surface area contributed by atoms with Gasteiger partial charge in [0.1, 0.15) is 0 Å². The van der Waals surface area contributed by atoms with Gasteiger partial charge in [0.05, 0.1) is 11.2 Å². The lowest BCUT2D eigenvalue weighted by Crippen LogP contribution is -2.35. The fourth-order valence-electron chi connectivity index (χ4n) is 3.34. The highest BCUT2D eigenvalue weighted by molar-refractivity contribution is 9.09. The molecule has 0 spiro atoms. The van der Waals surface area contributed by atoms with Crippen molar-refractivity contribution < 1.29 is 0 Å². The molecular weight excluding hydrogens is 326 g/mol. The number of nitrogens with zero attached hydrogens (tertiary/aromatic N) is 3. The number of piperidine rings is 1. The first-order chi connectivity index (χ1) is 10.2. The van der Waals surface area contributed by atoms with Crippen molar-refractivity contribution in [2.45, 2.75) is 44.6 Å². The molecule has 1 aromatic heterocycles. The van der Waals surface area contributed by atoms with E-state index in [4.69, 9.17) is 5.10 Å². The number of para-hydroxylation sites is 1. The van der Waals surface area contributed by atoms with Gasteiger partial charge in [-0.2, -0.15) is 5.10 Å². The Balaban J connectivity index is 1.74. The van der Waals surface area contributed by atoms with E-state index in [-0.39, 0.29) is 0 Å². The largest absolute Gasteiger partial charge is 0.297 e. The number of fused-ring (bicyclic) bond motifs is 1. The molecule has 3 nitrogen and oxygen atoms in total. The van der Waals surface area contributed by atoms with E-state index in [1.807, 2.05) is 0 Å². The lowest BCUT2D eigenvalue weighted by molar-refractivity contribution is 0.176. The van der Waals surface area contributed by atoms with Crippen molar-refractivity contribution in [2.75, 3.05) is 13.1 Å². The third-order valence-electron chi connectivity index (χ3n) is 4.69. The molecule has 0 bridgehead atoms. The summed E-state index contributed by atoms with van der Waals surface area (Å²) in [6, 6.07) is 8.60. The van der Waals surface area contributed by atoms with Gasteiger partial charge >= 0.3 is 0 Å². The van der Waals surface area contributed by atoms with E-state index in [0.29, 0.717) is 4.83 Å². The SMILES string of the molecule is CCn1nc(CN2CCC(C(C)Br)CC2)c2ccccc21. The van der Waals surface area contributed by atoms with E-state index in [1.54, 1.807) is 0 Å². The van der Waals surface area contributed by atoms with Gasteiger partial charge in [-0.1, -0.05) is 41.1 Å². The maximum absolute atomic E-state index is 4.82. The molecule has 0 radical (unpaired) electrons. The van der Waals surface area contributed by atoms with Crippen molar-refractivity contribution in [2.24, 2.45) is 5.92 Å². The van der Waals surface area contributed by atoms with Crippen LogP contribution in [0.3, 0.4) is 0 Å². The van der Waals surface area contributed by atoms with Crippen molar-refractivity contribution in [3.8, 4) is 0 Å².